The predicted octanol–water partition coefficient (Wildman–Crippen LogP) is 0.838. The Morgan fingerprint density at radius 3 is 3.06 bits per heavy atom. The third-order valence-electron chi connectivity index (χ3n) is 2.97. The standard InChI is InChI=1S/C12H18N4O/c1-9(17)15-10-3-4-16(8-10)12-5-11(13-2)6-14-7-12/h5-7,10,13H,3-4,8H2,1-2H3,(H,15,17). The lowest BCUT2D eigenvalue weighted by molar-refractivity contribution is -0.119. The van der Waals surface area contributed by atoms with Crippen molar-refractivity contribution in [2.75, 3.05) is 30.4 Å². The Bertz CT molecular complexity index is 407. The SMILES string of the molecule is CNc1cncc(N2CCC(NC(C)=O)C2)c1. The lowest BCUT2D eigenvalue weighted by Gasteiger charge is -2.19. The highest BCUT2D eigenvalue weighted by molar-refractivity contribution is 5.73. The minimum Gasteiger partial charge on any atom is -0.387 e. The molecule has 1 saturated heterocycles. The smallest absolute Gasteiger partial charge is 0.217 e. The number of aromatic nitrogens is 1. The van der Waals surface area contributed by atoms with E-state index in [4.69, 9.17) is 0 Å². The van der Waals surface area contributed by atoms with Gasteiger partial charge in [-0.15, -0.1) is 0 Å². The van der Waals surface area contributed by atoms with Crippen molar-refractivity contribution in [2.45, 2.75) is 19.4 Å². The second kappa shape index (κ2) is 5.03. The summed E-state index contributed by atoms with van der Waals surface area (Å²) in [5.41, 5.74) is 2.11. The van der Waals surface area contributed by atoms with Crippen LogP contribution in [0.1, 0.15) is 13.3 Å². The van der Waals surface area contributed by atoms with Crippen LogP contribution in [0.15, 0.2) is 18.5 Å². The van der Waals surface area contributed by atoms with Crippen molar-refractivity contribution >= 4 is 17.3 Å². The van der Waals surface area contributed by atoms with Gasteiger partial charge < -0.3 is 15.5 Å². The number of amides is 1. The predicted molar refractivity (Wildman–Crippen MR) is 68.2 cm³/mol. The number of hydrogen-bond donors (Lipinski definition) is 2. The van der Waals surface area contributed by atoms with Gasteiger partial charge in [0, 0.05) is 33.1 Å². The summed E-state index contributed by atoms with van der Waals surface area (Å²) in [5.74, 6) is 0.0407. The number of carbonyl (C=O) groups excluding carboxylic acids is 1. The average Bonchev–Trinajstić information content (AvgIpc) is 2.77. The zero-order chi connectivity index (χ0) is 12.3. The summed E-state index contributed by atoms with van der Waals surface area (Å²) in [7, 11) is 1.88. The fraction of sp³-hybridized carbons (Fsp3) is 0.500. The number of anilines is 2. The van der Waals surface area contributed by atoms with Crippen LogP contribution in [0.3, 0.4) is 0 Å². The van der Waals surface area contributed by atoms with E-state index in [-0.39, 0.29) is 11.9 Å². The van der Waals surface area contributed by atoms with Crippen LogP contribution in [0.2, 0.25) is 0 Å². The molecule has 1 atom stereocenters. The molecule has 0 spiro atoms. The van der Waals surface area contributed by atoms with Gasteiger partial charge in [-0.1, -0.05) is 0 Å². The largest absolute Gasteiger partial charge is 0.387 e. The molecule has 1 aliphatic rings. The summed E-state index contributed by atoms with van der Waals surface area (Å²) in [4.78, 5) is 17.4. The molecule has 0 saturated carbocycles. The number of rotatable bonds is 3. The monoisotopic (exact) mass is 234 g/mol. The first-order valence-electron chi connectivity index (χ1n) is 5.84. The van der Waals surface area contributed by atoms with E-state index in [2.05, 4.69) is 26.6 Å². The van der Waals surface area contributed by atoms with E-state index in [1.807, 2.05) is 13.2 Å². The van der Waals surface area contributed by atoms with Crippen LogP contribution >= 0.6 is 0 Å². The Balaban J connectivity index is 2.01. The molecule has 0 aromatic carbocycles. The summed E-state index contributed by atoms with van der Waals surface area (Å²) in [6.07, 6.45) is 4.64. The molecule has 1 fully saturated rings. The van der Waals surface area contributed by atoms with Gasteiger partial charge in [0.1, 0.15) is 0 Å². The topological polar surface area (TPSA) is 57.3 Å². The summed E-state index contributed by atoms with van der Waals surface area (Å²) in [5, 5.41) is 6.03. The molecule has 0 radical (unpaired) electrons. The van der Waals surface area contributed by atoms with Gasteiger partial charge in [0.05, 0.1) is 23.8 Å². The van der Waals surface area contributed by atoms with E-state index in [0.717, 1.165) is 30.9 Å². The van der Waals surface area contributed by atoms with Gasteiger partial charge in [0.15, 0.2) is 0 Å². The molecule has 0 bridgehead atoms. The minimum absolute atomic E-state index is 0.0407. The summed E-state index contributed by atoms with van der Waals surface area (Å²) < 4.78 is 0. The van der Waals surface area contributed by atoms with Gasteiger partial charge in [-0.25, -0.2) is 0 Å². The van der Waals surface area contributed by atoms with Crippen molar-refractivity contribution in [3.63, 3.8) is 0 Å². The van der Waals surface area contributed by atoms with Gasteiger partial charge in [0.2, 0.25) is 5.91 Å². The van der Waals surface area contributed by atoms with E-state index in [1.165, 1.54) is 0 Å². The fourth-order valence-electron chi connectivity index (χ4n) is 2.14. The lowest BCUT2D eigenvalue weighted by atomic mass is 10.2. The quantitative estimate of drug-likeness (QED) is 0.813. The van der Waals surface area contributed by atoms with E-state index in [9.17, 15) is 4.79 Å². The molecule has 1 amide bonds. The second-order valence-corrected chi connectivity index (χ2v) is 4.31. The van der Waals surface area contributed by atoms with Gasteiger partial charge in [0.25, 0.3) is 0 Å². The van der Waals surface area contributed by atoms with Crippen LogP contribution in [0.4, 0.5) is 11.4 Å². The molecule has 92 valence electrons. The molecule has 1 aliphatic heterocycles. The van der Waals surface area contributed by atoms with Gasteiger partial charge in [-0.2, -0.15) is 0 Å². The molecule has 0 aliphatic carbocycles. The number of hydrogen-bond acceptors (Lipinski definition) is 4. The van der Waals surface area contributed by atoms with Crippen molar-refractivity contribution < 1.29 is 4.79 Å². The molecule has 5 heteroatoms. The molecule has 1 aromatic heterocycles. The summed E-state index contributed by atoms with van der Waals surface area (Å²) >= 11 is 0. The molecule has 1 aromatic rings. The molecule has 2 heterocycles. The van der Waals surface area contributed by atoms with Gasteiger partial charge in [-0.05, 0) is 12.5 Å². The Morgan fingerprint density at radius 1 is 1.53 bits per heavy atom. The molecule has 1 unspecified atom stereocenters. The first-order chi connectivity index (χ1) is 8.19. The molecular formula is C12H18N4O. The zero-order valence-corrected chi connectivity index (χ0v) is 10.2. The van der Waals surface area contributed by atoms with Crippen molar-refractivity contribution in [3.05, 3.63) is 18.5 Å². The molecule has 5 nitrogen and oxygen atoms in total. The molecule has 2 N–H and O–H groups in total. The van der Waals surface area contributed by atoms with E-state index < -0.39 is 0 Å². The summed E-state index contributed by atoms with van der Waals surface area (Å²) in [6.45, 7) is 3.38. The van der Waals surface area contributed by atoms with Crippen LogP contribution < -0.4 is 15.5 Å². The van der Waals surface area contributed by atoms with Crippen LogP contribution in [-0.4, -0.2) is 37.1 Å². The first kappa shape index (κ1) is 11.7. The van der Waals surface area contributed by atoms with E-state index in [0.29, 0.717) is 0 Å². The Hall–Kier alpha value is -1.78. The zero-order valence-electron chi connectivity index (χ0n) is 10.2. The number of nitrogens with one attached hydrogen (secondary N) is 2. The van der Waals surface area contributed by atoms with Crippen molar-refractivity contribution in [1.29, 1.82) is 0 Å². The van der Waals surface area contributed by atoms with Crippen LogP contribution in [0.25, 0.3) is 0 Å². The fourth-order valence-corrected chi connectivity index (χ4v) is 2.14. The highest BCUT2D eigenvalue weighted by Gasteiger charge is 2.23. The Kier molecular flexibility index (Phi) is 3.46. The maximum Gasteiger partial charge on any atom is 0.217 e. The summed E-state index contributed by atoms with van der Waals surface area (Å²) in [6, 6.07) is 2.33. The number of pyridine rings is 1. The Labute approximate surface area is 101 Å². The Morgan fingerprint density at radius 2 is 2.35 bits per heavy atom. The van der Waals surface area contributed by atoms with Crippen molar-refractivity contribution in [1.82, 2.24) is 10.3 Å². The van der Waals surface area contributed by atoms with Crippen molar-refractivity contribution in [3.8, 4) is 0 Å². The van der Waals surface area contributed by atoms with E-state index >= 15 is 0 Å². The normalized spacial score (nSPS) is 19.2. The maximum atomic E-state index is 11.0. The highest BCUT2D eigenvalue weighted by atomic mass is 16.1. The van der Waals surface area contributed by atoms with Crippen LogP contribution in [0, 0.1) is 0 Å². The van der Waals surface area contributed by atoms with Gasteiger partial charge >= 0.3 is 0 Å². The average molecular weight is 234 g/mol. The van der Waals surface area contributed by atoms with Crippen molar-refractivity contribution in [2.24, 2.45) is 0 Å². The number of nitrogens with zero attached hydrogens (tertiary/aromatic N) is 2. The second-order valence-electron chi connectivity index (χ2n) is 4.31. The number of carbonyl (C=O) groups is 1. The third kappa shape index (κ3) is 2.87. The van der Waals surface area contributed by atoms with E-state index in [1.54, 1.807) is 13.1 Å². The minimum atomic E-state index is 0.0407. The van der Waals surface area contributed by atoms with Crippen LogP contribution in [-0.2, 0) is 4.79 Å². The molecule has 2 rings (SSSR count). The third-order valence-corrected chi connectivity index (χ3v) is 2.97. The van der Waals surface area contributed by atoms with Gasteiger partial charge in [-0.3, -0.25) is 9.78 Å². The lowest BCUT2D eigenvalue weighted by Crippen LogP contribution is -2.35. The highest BCUT2D eigenvalue weighted by Crippen LogP contribution is 2.22. The molecular weight excluding hydrogens is 216 g/mol. The first-order valence-corrected chi connectivity index (χ1v) is 5.84. The molecule has 17 heavy (non-hydrogen) atoms. The maximum absolute atomic E-state index is 11.0. The van der Waals surface area contributed by atoms with Crippen LogP contribution in [0.5, 0.6) is 0 Å².